The number of carboxylic acids is 2. The lowest BCUT2D eigenvalue weighted by molar-refractivity contribution is -0.143. The van der Waals surface area contributed by atoms with Gasteiger partial charge in [0, 0.05) is 12.8 Å². The van der Waals surface area contributed by atoms with Crippen molar-refractivity contribution in [3.8, 4) is 5.75 Å². The van der Waals surface area contributed by atoms with E-state index in [1.807, 2.05) is 0 Å². The van der Waals surface area contributed by atoms with Gasteiger partial charge < -0.3 is 37.0 Å². The molecule has 210 valence electrons. The van der Waals surface area contributed by atoms with E-state index in [1.54, 1.807) is 44.2 Å². The normalized spacial score (nSPS) is 13.9. The first kappa shape index (κ1) is 30.8. The molecule has 12 nitrogen and oxygen atoms in total. The predicted octanol–water partition coefficient (Wildman–Crippen LogP) is 0.174. The third-order valence-electron chi connectivity index (χ3n) is 5.89. The summed E-state index contributed by atoms with van der Waals surface area (Å²) < 4.78 is 0. The summed E-state index contributed by atoms with van der Waals surface area (Å²) in [6.07, 6.45) is -0.702. The first-order chi connectivity index (χ1) is 18.4. The molecule has 2 aromatic rings. The van der Waals surface area contributed by atoms with Crippen LogP contribution in [0.25, 0.3) is 0 Å². The van der Waals surface area contributed by atoms with Crippen LogP contribution in [0.1, 0.15) is 31.4 Å². The van der Waals surface area contributed by atoms with Gasteiger partial charge in [0.2, 0.25) is 17.7 Å². The molecule has 12 heteroatoms. The molecular formula is C27H34N4O8. The van der Waals surface area contributed by atoms with Gasteiger partial charge in [-0.05, 0) is 29.2 Å². The van der Waals surface area contributed by atoms with E-state index < -0.39 is 66.2 Å². The highest BCUT2D eigenvalue weighted by molar-refractivity contribution is 5.95. The number of aromatic hydroxyl groups is 1. The van der Waals surface area contributed by atoms with Crippen molar-refractivity contribution in [1.82, 2.24) is 16.0 Å². The van der Waals surface area contributed by atoms with E-state index in [1.165, 1.54) is 24.3 Å². The van der Waals surface area contributed by atoms with Crippen LogP contribution >= 0.6 is 0 Å². The van der Waals surface area contributed by atoms with E-state index in [-0.39, 0.29) is 18.6 Å². The Hall–Kier alpha value is -4.45. The van der Waals surface area contributed by atoms with Crippen LogP contribution in [0.2, 0.25) is 0 Å². The fourth-order valence-corrected chi connectivity index (χ4v) is 3.74. The van der Waals surface area contributed by atoms with E-state index in [0.717, 1.165) is 0 Å². The molecule has 0 unspecified atom stereocenters. The monoisotopic (exact) mass is 542 g/mol. The van der Waals surface area contributed by atoms with Crippen LogP contribution in [0.5, 0.6) is 5.75 Å². The summed E-state index contributed by atoms with van der Waals surface area (Å²) in [7, 11) is 0. The lowest BCUT2D eigenvalue weighted by atomic mass is 10.0. The molecule has 3 amide bonds. The largest absolute Gasteiger partial charge is 0.508 e. The van der Waals surface area contributed by atoms with Crippen LogP contribution in [0.3, 0.4) is 0 Å². The highest BCUT2D eigenvalue weighted by atomic mass is 16.4. The molecule has 8 N–H and O–H groups in total. The van der Waals surface area contributed by atoms with Gasteiger partial charge in [0.15, 0.2) is 0 Å². The minimum absolute atomic E-state index is 0.00926. The molecule has 0 saturated heterocycles. The molecule has 2 aromatic carbocycles. The fraction of sp³-hybridized carbons (Fsp3) is 0.370. The number of nitrogens with two attached hydrogens (primary N) is 1. The molecule has 0 aliphatic rings. The minimum Gasteiger partial charge on any atom is -0.508 e. The number of hydrogen-bond acceptors (Lipinski definition) is 7. The number of benzene rings is 2. The van der Waals surface area contributed by atoms with Crippen LogP contribution in [-0.4, -0.2) is 69.1 Å². The Morgan fingerprint density at radius 1 is 0.744 bits per heavy atom. The number of hydrogen-bond donors (Lipinski definition) is 7. The lowest BCUT2D eigenvalue weighted by Crippen LogP contribution is -2.58. The Morgan fingerprint density at radius 2 is 1.23 bits per heavy atom. The number of carbonyl (C=O) groups is 5. The van der Waals surface area contributed by atoms with Gasteiger partial charge in [0.05, 0.1) is 12.5 Å². The number of phenolic OH excluding ortho intramolecular Hbond substituents is 1. The van der Waals surface area contributed by atoms with Gasteiger partial charge in [-0.15, -0.1) is 0 Å². The number of rotatable bonds is 14. The van der Waals surface area contributed by atoms with Crippen molar-refractivity contribution >= 4 is 29.7 Å². The summed E-state index contributed by atoms with van der Waals surface area (Å²) in [5.74, 6) is -5.35. The number of aliphatic carboxylic acids is 2. The van der Waals surface area contributed by atoms with E-state index in [2.05, 4.69) is 16.0 Å². The molecule has 0 aromatic heterocycles. The first-order valence-electron chi connectivity index (χ1n) is 12.3. The Balaban J connectivity index is 2.33. The van der Waals surface area contributed by atoms with E-state index in [0.29, 0.717) is 11.1 Å². The van der Waals surface area contributed by atoms with Crippen molar-refractivity contribution in [2.75, 3.05) is 0 Å². The minimum atomic E-state index is -1.43. The van der Waals surface area contributed by atoms with Gasteiger partial charge in [-0.1, -0.05) is 56.3 Å². The van der Waals surface area contributed by atoms with E-state index in [4.69, 9.17) is 10.8 Å². The van der Waals surface area contributed by atoms with Gasteiger partial charge in [0.25, 0.3) is 0 Å². The zero-order valence-electron chi connectivity index (χ0n) is 21.7. The second-order valence-corrected chi connectivity index (χ2v) is 9.46. The number of nitrogens with one attached hydrogen (secondary N) is 3. The van der Waals surface area contributed by atoms with Crippen molar-refractivity contribution < 1.29 is 39.3 Å². The molecule has 0 spiro atoms. The van der Waals surface area contributed by atoms with Gasteiger partial charge in [-0.2, -0.15) is 0 Å². The Bertz CT molecular complexity index is 1150. The van der Waals surface area contributed by atoms with Gasteiger partial charge in [-0.25, -0.2) is 4.79 Å². The van der Waals surface area contributed by atoms with Crippen molar-refractivity contribution in [1.29, 1.82) is 0 Å². The number of carboxylic acid groups (broad SMARTS) is 2. The quantitative estimate of drug-likeness (QED) is 0.173. The summed E-state index contributed by atoms with van der Waals surface area (Å²) in [5.41, 5.74) is 6.91. The second-order valence-electron chi connectivity index (χ2n) is 9.46. The number of amides is 3. The first-order valence-corrected chi connectivity index (χ1v) is 12.3. The molecule has 0 aliphatic heterocycles. The van der Waals surface area contributed by atoms with Crippen molar-refractivity contribution in [2.45, 2.75) is 57.3 Å². The molecule has 0 aliphatic carbocycles. The molecule has 0 heterocycles. The SMILES string of the molecule is CC(C)[C@H](NC(=O)[C@H](Cc1ccccc1)NC(=O)[C@H](Cc1ccc(O)cc1)NC(=O)[C@@H](N)CC(=O)O)C(=O)O. The van der Waals surface area contributed by atoms with Crippen molar-refractivity contribution in [2.24, 2.45) is 11.7 Å². The Labute approximate surface area is 225 Å². The zero-order chi connectivity index (χ0) is 29.1. The molecule has 2 rings (SSSR count). The third-order valence-corrected chi connectivity index (χ3v) is 5.89. The highest BCUT2D eigenvalue weighted by Crippen LogP contribution is 2.13. The summed E-state index contributed by atoms with van der Waals surface area (Å²) in [6.45, 7) is 3.26. The smallest absolute Gasteiger partial charge is 0.326 e. The average Bonchev–Trinajstić information content (AvgIpc) is 2.87. The van der Waals surface area contributed by atoms with Gasteiger partial charge >= 0.3 is 11.9 Å². The number of carbonyl (C=O) groups excluding carboxylic acids is 3. The molecule has 4 atom stereocenters. The standard InChI is InChI=1S/C27H34N4O8/c1-15(2)23(27(38)39)31-26(37)21(12-16-6-4-3-5-7-16)30-25(36)20(13-17-8-10-18(32)11-9-17)29-24(35)19(28)14-22(33)34/h3-11,15,19-21,23,32H,12-14,28H2,1-2H3,(H,29,35)(H,30,36)(H,31,37)(H,33,34)(H,38,39)/t19-,20-,21-,23-/m0/s1. The molecule has 39 heavy (non-hydrogen) atoms. The maximum atomic E-state index is 13.4. The van der Waals surface area contributed by atoms with Crippen LogP contribution in [0.4, 0.5) is 0 Å². The van der Waals surface area contributed by atoms with Gasteiger partial charge in [-0.3, -0.25) is 19.2 Å². The Morgan fingerprint density at radius 3 is 1.72 bits per heavy atom. The topological polar surface area (TPSA) is 208 Å². The Kier molecular flexibility index (Phi) is 11.4. The van der Waals surface area contributed by atoms with Crippen molar-refractivity contribution in [3.63, 3.8) is 0 Å². The van der Waals surface area contributed by atoms with E-state index in [9.17, 15) is 34.2 Å². The van der Waals surface area contributed by atoms with E-state index >= 15 is 0 Å². The molecule has 0 saturated carbocycles. The summed E-state index contributed by atoms with van der Waals surface area (Å²) >= 11 is 0. The molecule has 0 bridgehead atoms. The van der Waals surface area contributed by atoms with Crippen LogP contribution < -0.4 is 21.7 Å². The van der Waals surface area contributed by atoms with Crippen LogP contribution in [-0.2, 0) is 36.8 Å². The number of phenols is 1. The maximum absolute atomic E-state index is 13.4. The zero-order valence-corrected chi connectivity index (χ0v) is 21.7. The van der Waals surface area contributed by atoms with Crippen LogP contribution in [0, 0.1) is 5.92 Å². The van der Waals surface area contributed by atoms with Crippen LogP contribution in [0.15, 0.2) is 54.6 Å². The maximum Gasteiger partial charge on any atom is 0.326 e. The van der Waals surface area contributed by atoms with Crippen molar-refractivity contribution in [3.05, 3.63) is 65.7 Å². The third kappa shape index (κ3) is 10.1. The lowest BCUT2D eigenvalue weighted by Gasteiger charge is -2.26. The highest BCUT2D eigenvalue weighted by Gasteiger charge is 2.32. The summed E-state index contributed by atoms with van der Waals surface area (Å²) in [4.78, 5) is 61.8. The summed E-state index contributed by atoms with van der Waals surface area (Å²) in [6, 6.07) is 9.51. The average molecular weight is 543 g/mol. The van der Waals surface area contributed by atoms with Gasteiger partial charge in [0.1, 0.15) is 23.9 Å². The summed E-state index contributed by atoms with van der Waals surface area (Å²) in [5, 5.41) is 35.5. The molecule has 0 radical (unpaired) electrons. The molecule has 0 fully saturated rings. The fourth-order valence-electron chi connectivity index (χ4n) is 3.74. The molecular weight excluding hydrogens is 508 g/mol. The second kappa shape index (κ2) is 14.5. The predicted molar refractivity (Wildman–Crippen MR) is 140 cm³/mol.